The molecule has 4 N–H and O–H groups in total. The molecule has 0 radical (unpaired) electrons. The zero-order chi connectivity index (χ0) is 23.3. The van der Waals surface area contributed by atoms with Gasteiger partial charge < -0.3 is 20.9 Å². The van der Waals surface area contributed by atoms with Gasteiger partial charge in [0.05, 0.1) is 0 Å². The molecule has 4 nitrogen and oxygen atoms in total. The Labute approximate surface area is 199 Å². The van der Waals surface area contributed by atoms with Crippen LogP contribution in [0.3, 0.4) is 0 Å². The number of hydrogen-bond donors (Lipinski definition) is 2. The molecule has 0 aromatic heterocycles. The molecular weight excluding hydrogens is 420 g/mol. The van der Waals surface area contributed by atoms with Gasteiger partial charge >= 0.3 is 0 Å². The fourth-order valence-corrected chi connectivity index (χ4v) is 3.85. The van der Waals surface area contributed by atoms with Crippen molar-refractivity contribution in [3.8, 4) is 45.3 Å². The average Bonchev–Trinajstić information content (AvgIpc) is 2.85. The average molecular weight is 445 g/mol. The molecule has 166 valence electrons. The summed E-state index contributed by atoms with van der Waals surface area (Å²) in [6.07, 6.45) is 0. The van der Waals surface area contributed by atoms with E-state index in [4.69, 9.17) is 20.9 Å². The monoisotopic (exact) mass is 444 g/mol. The van der Waals surface area contributed by atoms with Crippen molar-refractivity contribution in [2.24, 2.45) is 0 Å². The number of anilines is 2. The van der Waals surface area contributed by atoms with E-state index in [-0.39, 0.29) is 0 Å². The fraction of sp³-hybridized carbons (Fsp3) is 0. The van der Waals surface area contributed by atoms with Gasteiger partial charge in [0, 0.05) is 23.5 Å². The number of nitrogen functional groups attached to an aromatic ring is 2. The fourth-order valence-electron chi connectivity index (χ4n) is 3.85. The van der Waals surface area contributed by atoms with E-state index in [1.54, 1.807) is 0 Å². The van der Waals surface area contributed by atoms with Gasteiger partial charge in [-0.1, -0.05) is 60.7 Å². The van der Waals surface area contributed by atoms with E-state index >= 15 is 0 Å². The molecule has 0 saturated heterocycles. The van der Waals surface area contributed by atoms with Gasteiger partial charge in [0.2, 0.25) is 0 Å². The van der Waals surface area contributed by atoms with Crippen molar-refractivity contribution in [3.63, 3.8) is 0 Å². The Hall–Kier alpha value is -4.70. The number of nitrogens with two attached hydrogens (primary N) is 2. The molecule has 0 heterocycles. The quantitative estimate of drug-likeness (QED) is 0.262. The summed E-state index contributed by atoms with van der Waals surface area (Å²) in [7, 11) is 0. The zero-order valence-electron chi connectivity index (χ0n) is 18.5. The molecule has 0 aliphatic heterocycles. The van der Waals surface area contributed by atoms with Gasteiger partial charge in [-0.15, -0.1) is 0 Å². The highest BCUT2D eigenvalue weighted by molar-refractivity contribution is 5.85. The molecule has 0 fully saturated rings. The smallest absolute Gasteiger partial charge is 0.129 e. The summed E-state index contributed by atoms with van der Waals surface area (Å²) in [5, 5.41) is 0. The summed E-state index contributed by atoms with van der Waals surface area (Å²) >= 11 is 0. The predicted molar refractivity (Wildman–Crippen MR) is 139 cm³/mol. The van der Waals surface area contributed by atoms with Gasteiger partial charge in [-0.05, 0) is 70.8 Å². The normalized spacial score (nSPS) is 10.6. The molecule has 0 unspecified atom stereocenters. The van der Waals surface area contributed by atoms with E-state index < -0.39 is 0 Å². The Kier molecular flexibility index (Phi) is 5.87. The Morgan fingerprint density at radius 2 is 0.912 bits per heavy atom. The molecule has 4 heteroatoms. The van der Waals surface area contributed by atoms with Gasteiger partial charge in [-0.3, -0.25) is 0 Å². The first-order valence-corrected chi connectivity index (χ1v) is 11.0. The Bertz CT molecular complexity index is 1430. The summed E-state index contributed by atoms with van der Waals surface area (Å²) in [6, 6.07) is 39.2. The van der Waals surface area contributed by atoms with Crippen LogP contribution < -0.4 is 20.9 Å². The van der Waals surface area contributed by atoms with E-state index in [2.05, 4.69) is 24.3 Å². The van der Waals surface area contributed by atoms with Crippen LogP contribution in [0.1, 0.15) is 0 Å². The Balaban J connectivity index is 1.55. The SMILES string of the molecule is Nc1cccc(Oc2cccc(-c3cc(Oc4cccc(N)c4)ccc3-c3ccccc3)c2)c1. The van der Waals surface area contributed by atoms with Gasteiger partial charge in [-0.2, -0.15) is 0 Å². The van der Waals surface area contributed by atoms with E-state index in [1.165, 1.54) is 0 Å². The van der Waals surface area contributed by atoms with Crippen molar-refractivity contribution in [1.29, 1.82) is 0 Å². The summed E-state index contributed by atoms with van der Waals surface area (Å²) in [5.74, 6) is 2.84. The molecule has 0 bridgehead atoms. The molecule has 0 atom stereocenters. The van der Waals surface area contributed by atoms with Gasteiger partial charge in [0.1, 0.15) is 23.0 Å². The molecule has 0 spiro atoms. The molecule has 5 aromatic rings. The number of hydrogen-bond acceptors (Lipinski definition) is 4. The zero-order valence-corrected chi connectivity index (χ0v) is 18.5. The molecule has 5 rings (SSSR count). The summed E-state index contributed by atoms with van der Waals surface area (Å²) in [4.78, 5) is 0. The van der Waals surface area contributed by atoms with Crippen molar-refractivity contribution in [1.82, 2.24) is 0 Å². The van der Waals surface area contributed by atoms with E-state index in [0.717, 1.165) is 33.8 Å². The van der Waals surface area contributed by atoms with Crippen LogP contribution in [-0.4, -0.2) is 0 Å². The summed E-state index contributed by atoms with van der Waals surface area (Å²) in [5.41, 5.74) is 17.4. The third kappa shape index (κ3) is 4.87. The van der Waals surface area contributed by atoms with Gasteiger partial charge in [0.25, 0.3) is 0 Å². The highest BCUT2D eigenvalue weighted by atomic mass is 16.5. The molecule has 0 aliphatic carbocycles. The van der Waals surface area contributed by atoms with Crippen LogP contribution >= 0.6 is 0 Å². The maximum Gasteiger partial charge on any atom is 0.129 e. The lowest BCUT2D eigenvalue weighted by Gasteiger charge is -2.15. The number of benzene rings is 5. The van der Waals surface area contributed by atoms with Crippen LogP contribution in [0.2, 0.25) is 0 Å². The second kappa shape index (κ2) is 9.43. The van der Waals surface area contributed by atoms with E-state index in [1.807, 2.05) is 97.1 Å². The second-order valence-electron chi connectivity index (χ2n) is 7.95. The van der Waals surface area contributed by atoms with Crippen molar-refractivity contribution >= 4 is 11.4 Å². The third-order valence-electron chi connectivity index (χ3n) is 5.41. The topological polar surface area (TPSA) is 70.5 Å². The first-order valence-electron chi connectivity index (χ1n) is 11.0. The lowest BCUT2D eigenvalue weighted by atomic mass is 9.94. The molecule has 5 aromatic carbocycles. The standard InChI is InChI=1S/C30H24N2O2/c31-23-10-5-13-26(18-23)33-25-12-4-9-22(17-25)30-20-28(34-27-14-6-11-24(32)19-27)15-16-29(30)21-7-2-1-3-8-21/h1-20H,31-32H2. The maximum atomic E-state index is 6.13. The van der Waals surface area contributed by atoms with E-state index in [0.29, 0.717) is 22.9 Å². The Morgan fingerprint density at radius 3 is 1.53 bits per heavy atom. The second-order valence-corrected chi connectivity index (χ2v) is 7.95. The molecule has 0 saturated carbocycles. The predicted octanol–water partition coefficient (Wildman–Crippen LogP) is 7.77. The highest BCUT2D eigenvalue weighted by Crippen LogP contribution is 2.38. The molecule has 0 amide bonds. The van der Waals surface area contributed by atoms with Crippen LogP contribution in [0.25, 0.3) is 22.3 Å². The third-order valence-corrected chi connectivity index (χ3v) is 5.41. The summed E-state index contributed by atoms with van der Waals surface area (Å²) < 4.78 is 12.2. The Morgan fingerprint density at radius 1 is 0.382 bits per heavy atom. The molecule has 0 aliphatic rings. The van der Waals surface area contributed by atoms with Gasteiger partial charge in [0.15, 0.2) is 0 Å². The minimum atomic E-state index is 0.657. The van der Waals surface area contributed by atoms with Crippen molar-refractivity contribution in [2.75, 3.05) is 11.5 Å². The minimum absolute atomic E-state index is 0.657. The van der Waals surface area contributed by atoms with Crippen LogP contribution in [0.4, 0.5) is 11.4 Å². The highest BCUT2D eigenvalue weighted by Gasteiger charge is 2.11. The number of rotatable bonds is 6. The lowest BCUT2D eigenvalue weighted by Crippen LogP contribution is -1.91. The maximum absolute atomic E-state index is 6.13. The first-order chi connectivity index (χ1) is 16.6. The van der Waals surface area contributed by atoms with Crippen LogP contribution in [0, 0.1) is 0 Å². The molecular formula is C30H24N2O2. The van der Waals surface area contributed by atoms with Crippen molar-refractivity contribution in [2.45, 2.75) is 0 Å². The lowest BCUT2D eigenvalue weighted by molar-refractivity contribution is 0.482. The molecule has 34 heavy (non-hydrogen) atoms. The van der Waals surface area contributed by atoms with Crippen molar-refractivity contribution in [3.05, 3.63) is 121 Å². The van der Waals surface area contributed by atoms with Crippen LogP contribution in [-0.2, 0) is 0 Å². The largest absolute Gasteiger partial charge is 0.457 e. The van der Waals surface area contributed by atoms with Crippen molar-refractivity contribution < 1.29 is 9.47 Å². The van der Waals surface area contributed by atoms with Crippen LogP contribution in [0.15, 0.2) is 121 Å². The van der Waals surface area contributed by atoms with Gasteiger partial charge in [-0.25, -0.2) is 0 Å². The minimum Gasteiger partial charge on any atom is -0.457 e. The number of ether oxygens (including phenoxy) is 2. The summed E-state index contributed by atoms with van der Waals surface area (Å²) in [6.45, 7) is 0. The van der Waals surface area contributed by atoms with Crippen LogP contribution in [0.5, 0.6) is 23.0 Å². The first kappa shape index (κ1) is 21.2. The van der Waals surface area contributed by atoms with E-state index in [9.17, 15) is 0 Å².